The fourth-order valence-corrected chi connectivity index (χ4v) is 2.32. The van der Waals surface area contributed by atoms with E-state index in [1.54, 1.807) is 10.9 Å². The molecular weight excluding hydrogens is 240 g/mol. The summed E-state index contributed by atoms with van der Waals surface area (Å²) in [5.74, 6) is 1.22. The van der Waals surface area contributed by atoms with Gasteiger partial charge in [0.15, 0.2) is 5.78 Å². The number of hydrogen-bond acceptors (Lipinski definition) is 4. The van der Waals surface area contributed by atoms with Gasteiger partial charge in [0.25, 0.3) is 0 Å². The van der Waals surface area contributed by atoms with E-state index in [2.05, 4.69) is 31.1 Å². The summed E-state index contributed by atoms with van der Waals surface area (Å²) in [6.07, 6.45) is 4.96. The van der Waals surface area contributed by atoms with Crippen molar-refractivity contribution in [2.45, 2.75) is 53.0 Å². The molecule has 0 aliphatic rings. The minimum absolute atomic E-state index is 0.140. The van der Waals surface area contributed by atoms with Gasteiger partial charge in [0, 0.05) is 13.0 Å². The van der Waals surface area contributed by atoms with E-state index in [0.717, 1.165) is 25.8 Å². The van der Waals surface area contributed by atoms with E-state index in [-0.39, 0.29) is 5.78 Å². The van der Waals surface area contributed by atoms with E-state index in [0.29, 0.717) is 30.5 Å². The maximum atomic E-state index is 12.2. The fourth-order valence-electron chi connectivity index (χ4n) is 2.32. The second kappa shape index (κ2) is 8.04. The Morgan fingerprint density at radius 1 is 1.42 bits per heavy atom. The van der Waals surface area contributed by atoms with Crippen LogP contribution in [0.15, 0.2) is 6.20 Å². The molecule has 1 heterocycles. The lowest BCUT2D eigenvalue weighted by molar-refractivity contribution is 0.0958. The first-order valence-electron chi connectivity index (χ1n) is 7.21. The summed E-state index contributed by atoms with van der Waals surface area (Å²) in [6, 6.07) is 0. The Labute approximate surface area is 115 Å². The van der Waals surface area contributed by atoms with Crippen LogP contribution in [0.1, 0.15) is 56.9 Å². The molecule has 0 aliphatic carbocycles. The van der Waals surface area contributed by atoms with Gasteiger partial charge in [-0.15, -0.1) is 5.10 Å². The third kappa shape index (κ3) is 4.74. The Bertz CT molecular complexity index is 387. The first-order chi connectivity index (χ1) is 9.10. The van der Waals surface area contributed by atoms with Crippen molar-refractivity contribution < 1.29 is 4.79 Å². The average Bonchev–Trinajstić information content (AvgIpc) is 2.82. The van der Waals surface area contributed by atoms with Crippen LogP contribution in [0, 0.1) is 11.8 Å². The topological polar surface area (TPSA) is 73.8 Å². The standard InChI is InChI=1S/C14H26N4O/c1-4-9-18-13(10-16-17-18)14(19)6-5-12(7-8-15)11(2)3/h10-12H,4-9,15H2,1-3H3. The third-order valence-corrected chi connectivity index (χ3v) is 3.56. The van der Waals surface area contributed by atoms with Gasteiger partial charge in [-0.05, 0) is 37.6 Å². The van der Waals surface area contributed by atoms with Gasteiger partial charge < -0.3 is 5.73 Å². The lowest BCUT2D eigenvalue weighted by Crippen LogP contribution is -2.17. The Kier molecular flexibility index (Phi) is 6.70. The zero-order chi connectivity index (χ0) is 14.3. The molecule has 108 valence electrons. The van der Waals surface area contributed by atoms with Gasteiger partial charge >= 0.3 is 0 Å². The summed E-state index contributed by atoms with van der Waals surface area (Å²) >= 11 is 0. The lowest BCUT2D eigenvalue weighted by Gasteiger charge is -2.19. The number of hydrogen-bond donors (Lipinski definition) is 1. The van der Waals surface area contributed by atoms with Crippen molar-refractivity contribution in [1.29, 1.82) is 0 Å². The zero-order valence-corrected chi connectivity index (χ0v) is 12.3. The highest BCUT2D eigenvalue weighted by molar-refractivity contribution is 5.94. The molecule has 0 saturated carbocycles. The molecule has 0 aliphatic heterocycles. The van der Waals surface area contributed by atoms with E-state index >= 15 is 0 Å². The molecule has 19 heavy (non-hydrogen) atoms. The first kappa shape index (κ1) is 15.8. The highest BCUT2D eigenvalue weighted by Gasteiger charge is 2.17. The molecule has 1 atom stereocenters. The zero-order valence-electron chi connectivity index (χ0n) is 12.3. The van der Waals surface area contributed by atoms with Gasteiger partial charge in [0.05, 0.1) is 6.20 Å². The molecule has 0 radical (unpaired) electrons. The Balaban J connectivity index is 2.56. The number of aryl methyl sites for hydroxylation is 1. The van der Waals surface area contributed by atoms with Crippen molar-refractivity contribution in [1.82, 2.24) is 15.0 Å². The second-order valence-corrected chi connectivity index (χ2v) is 5.39. The van der Waals surface area contributed by atoms with Crippen molar-refractivity contribution >= 4 is 5.78 Å². The normalized spacial score (nSPS) is 12.9. The van der Waals surface area contributed by atoms with Crippen LogP contribution in [0.5, 0.6) is 0 Å². The Morgan fingerprint density at radius 3 is 2.74 bits per heavy atom. The van der Waals surface area contributed by atoms with Gasteiger partial charge in [0.1, 0.15) is 5.69 Å². The summed E-state index contributed by atoms with van der Waals surface area (Å²) in [5, 5.41) is 7.78. The molecular formula is C14H26N4O. The summed E-state index contributed by atoms with van der Waals surface area (Å²) in [4.78, 5) is 12.2. The summed E-state index contributed by atoms with van der Waals surface area (Å²) in [5.41, 5.74) is 6.26. The average molecular weight is 266 g/mol. The Hall–Kier alpha value is -1.23. The molecule has 1 aromatic heterocycles. The molecule has 0 saturated heterocycles. The molecule has 5 heteroatoms. The van der Waals surface area contributed by atoms with Crippen LogP contribution >= 0.6 is 0 Å². The number of rotatable bonds is 9. The predicted molar refractivity (Wildman–Crippen MR) is 75.9 cm³/mol. The number of ketones is 1. The smallest absolute Gasteiger partial charge is 0.182 e. The molecule has 0 fully saturated rings. The molecule has 1 rings (SSSR count). The quantitative estimate of drug-likeness (QED) is 0.696. The monoisotopic (exact) mass is 266 g/mol. The highest BCUT2D eigenvalue weighted by Crippen LogP contribution is 2.21. The number of aromatic nitrogens is 3. The van der Waals surface area contributed by atoms with Gasteiger partial charge in [-0.25, -0.2) is 4.68 Å². The number of carbonyl (C=O) groups is 1. The minimum Gasteiger partial charge on any atom is -0.330 e. The van der Waals surface area contributed by atoms with Gasteiger partial charge in [-0.2, -0.15) is 0 Å². The molecule has 2 N–H and O–H groups in total. The summed E-state index contributed by atoms with van der Waals surface area (Å²) in [6.45, 7) is 7.87. The van der Waals surface area contributed by atoms with Crippen molar-refractivity contribution in [2.75, 3.05) is 6.54 Å². The van der Waals surface area contributed by atoms with E-state index in [9.17, 15) is 4.79 Å². The van der Waals surface area contributed by atoms with E-state index < -0.39 is 0 Å². The predicted octanol–water partition coefficient (Wildman–Crippen LogP) is 2.27. The van der Waals surface area contributed by atoms with Gasteiger partial charge in [-0.3, -0.25) is 4.79 Å². The summed E-state index contributed by atoms with van der Waals surface area (Å²) in [7, 11) is 0. The third-order valence-electron chi connectivity index (χ3n) is 3.56. The van der Waals surface area contributed by atoms with Crippen LogP contribution in [0.4, 0.5) is 0 Å². The van der Waals surface area contributed by atoms with Crippen LogP contribution in [-0.2, 0) is 6.54 Å². The van der Waals surface area contributed by atoms with Crippen LogP contribution in [0.25, 0.3) is 0 Å². The van der Waals surface area contributed by atoms with E-state index in [1.165, 1.54) is 0 Å². The lowest BCUT2D eigenvalue weighted by atomic mass is 9.87. The largest absolute Gasteiger partial charge is 0.330 e. The van der Waals surface area contributed by atoms with Gasteiger partial charge in [0.2, 0.25) is 0 Å². The minimum atomic E-state index is 0.140. The summed E-state index contributed by atoms with van der Waals surface area (Å²) < 4.78 is 1.70. The number of nitrogens with zero attached hydrogens (tertiary/aromatic N) is 3. The molecule has 0 aromatic carbocycles. The van der Waals surface area contributed by atoms with Crippen molar-refractivity contribution in [3.05, 3.63) is 11.9 Å². The van der Waals surface area contributed by atoms with Crippen LogP contribution in [0.3, 0.4) is 0 Å². The van der Waals surface area contributed by atoms with Gasteiger partial charge in [-0.1, -0.05) is 26.0 Å². The van der Waals surface area contributed by atoms with E-state index in [4.69, 9.17) is 5.73 Å². The second-order valence-electron chi connectivity index (χ2n) is 5.39. The SMILES string of the molecule is CCCn1nncc1C(=O)CCC(CCN)C(C)C. The van der Waals surface area contributed by atoms with Crippen LogP contribution in [-0.4, -0.2) is 27.3 Å². The molecule has 1 unspecified atom stereocenters. The van der Waals surface area contributed by atoms with Crippen LogP contribution in [0.2, 0.25) is 0 Å². The first-order valence-corrected chi connectivity index (χ1v) is 7.21. The Morgan fingerprint density at radius 2 is 2.16 bits per heavy atom. The van der Waals surface area contributed by atoms with Crippen molar-refractivity contribution in [3.63, 3.8) is 0 Å². The maximum Gasteiger partial charge on any atom is 0.182 e. The van der Waals surface area contributed by atoms with Crippen molar-refractivity contribution in [2.24, 2.45) is 17.6 Å². The highest BCUT2D eigenvalue weighted by atomic mass is 16.1. The number of nitrogens with two attached hydrogens (primary N) is 1. The maximum absolute atomic E-state index is 12.2. The molecule has 0 amide bonds. The molecule has 0 bridgehead atoms. The molecule has 5 nitrogen and oxygen atoms in total. The molecule has 1 aromatic rings. The number of Topliss-reactive ketones (excluding diaryl/α,β-unsaturated/α-hetero) is 1. The molecule has 0 spiro atoms. The van der Waals surface area contributed by atoms with E-state index in [1.807, 2.05) is 0 Å². The van der Waals surface area contributed by atoms with Crippen LogP contribution < -0.4 is 5.73 Å². The fraction of sp³-hybridized carbons (Fsp3) is 0.786. The van der Waals surface area contributed by atoms with Crippen molar-refractivity contribution in [3.8, 4) is 0 Å². The number of carbonyl (C=O) groups excluding carboxylic acids is 1.